The smallest absolute Gasteiger partial charge is 0.169 e. The normalized spacial score (nSPS) is 16.0. The van der Waals surface area contributed by atoms with Crippen molar-refractivity contribution in [3.63, 3.8) is 0 Å². The third-order valence-corrected chi connectivity index (χ3v) is 3.79. The van der Waals surface area contributed by atoms with E-state index in [1.807, 2.05) is 24.3 Å². The maximum absolute atomic E-state index is 8.46. The van der Waals surface area contributed by atoms with Crippen molar-refractivity contribution in [1.82, 2.24) is 0 Å². The van der Waals surface area contributed by atoms with Crippen LogP contribution >= 0.6 is 0 Å². The fourth-order valence-electron chi connectivity index (χ4n) is 2.79. The molecule has 112 valence electrons. The summed E-state index contributed by atoms with van der Waals surface area (Å²) in [7, 11) is 0. The molecule has 1 heterocycles. The molecule has 22 heavy (non-hydrogen) atoms. The second-order valence-corrected chi connectivity index (χ2v) is 5.36. The largest absolute Gasteiger partial charge is 0.486 e. The summed E-state index contributed by atoms with van der Waals surface area (Å²) >= 11 is 0. The van der Waals surface area contributed by atoms with Gasteiger partial charge in [0.25, 0.3) is 0 Å². The lowest BCUT2D eigenvalue weighted by molar-refractivity contribution is 0.0977. The third-order valence-electron chi connectivity index (χ3n) is 3.79. The number of hydrogen-bond acceptors (Lipinski definition) is 3. The molecule has 1 unspecified atom stereocenters. The molecule has 0 saturated carbocycles. The minimum absolute atomic E-state index is 0.256. The van der Waals surface area contributed by atoms with E-state index in [0.29, 0.717) is 6.61 Å². The van der Waals surface area contributed by atoms with Crippen LogP contribution in [0.15, 0.2) is 41.5 Å². The van der Waals surface area contributed by atoms with E-state index in [0.717, 1.165) is 22.6 Å². The summed E-state index contributed by atoms with van der Waals surface area (Å²) in [4.78, 5) is 2.78. The van der Waals surface area contributed by atoms with Gasteiger partial charge in [0.1, 0.15) is 12.7 Å². The second-order valence-electron chi connectivity index (χ2n) is 5.36. The van der Waals surface area contributed by atoms with Crippen molar-refractivity contribution in [2.75, 3.05) is 13.2 Å². The van der Waals surface area contributed by atoms with Gasteiger partial charge >= 0.3 is 0 Å². The molecule has 2 aromatic rings. The molecule has 5 heteroatoms. The Kier molecular flexibility index (Phi) is 3.90. The number of hydrogen-bond donors (Lipinski definition) is 0. The van der Waals surface area contributed by atoms with Gasteiger partial charge in [-0.25, -0.2) is 0 Å². The van der Waals surface area contributed by atoms with Gasteiger partial charge in [-0.2, -0.15) is 0 Å². The van der Waals surface area contributed by atoms with Crippen LogP contribution in [0.5, 0.6) is 11.5 Å². The number of nitrogens with zero attached hydrogens (tertiary/aromatic N) is 3. The Morgan fingerprint density at radius 3 is 2.64 bits per heavy atom. The van der Waals surface area contributed by atoms with Crippen LogP contribution < -0.4 is 9.47 Å². The van der Waals surface area contributed by atoms with Gasteiger partial charge in [-0.15, -0.1) is 0 Å². The summed E-state index contributed by atoms with van der Waals surface area (Å²) in [5.74, 6) is 1.46. The van der Waals surface area contributed by atoms with Gasteiger partial charge in [0, 0.05) is 10.5 Å². The number of rotatable bonds is 3. The van der Waals surface area contributed by atoms with Crippen LogP contribution in [-0.2, 0) is 0 Å². The van der Waals surface area contributed by atoms with Crippen LogP contribution in [0.4, 0.5) is 0 Å². The second kappa shape index (κ2) is 6.00. The van der Waals surface area contributed by atoms with E-state index < -0.39 is 0 Å². The predicted molar refractivity (Wildman–Crippen MR) is 85.3 cm³/mol. The van der Waals surface area contributed by atoms with Gasteiger partial charge in [-0.05, 0) is 42.1 Å². The van der Waals surface area contributed by atoms with Crippen LogP contribution in [0.3, 0.4) is 0 Å². The molecule has 0 aliphatic carbocycles. The first-order valence-corrected chi connectivity index (χ1v) is 7.20. The van der Waals surface area contributed by atoms with Crippen LogP contribution in [-0.4, -0.2) is 19.3 Å². The third kappa shape index (κ3) is 2.59. The van der Waals surface area contributed by atoms with E-state index in [2.05, 4.69) is 36.0 Å². The highest BCUT2D eigenvalue weighted by atomic mass is 16.6. The molecule has 0 spiro atoms. The lowest BCUT2D eigenvalue weighted by Crippen LogP contribution is -2.31. The zero-order valence-electron chi connectivity index (χ0n) is 12.6. The minimum atomic E-state index is -0.256. The van der Waals surface area contributed by atoms with Gasteiger partial charge in [-0.1, -0.05) is 35.4 Å². The summed E-state index contributed by atoms with van der Waals surface area (Å²) in [6.07, 6.45) is -0.256. The fourth-order valence-corrected chi connectivity index (χ4v) is 2.79. The zero-order chi connectivity index (χ0) is 15.5. The molecular weight excluding hydrogens is 278 g/mol. The molecule has 0 amide bonds. The first kappa shape index (κ1) is 14.3. The molecule has 3 rings (SSSR count). The van der Waals surface area contributed by atoms with E-state index in [1.54, 1.807) is 0 Å². The Morgan fingerprint density at radius 1 is 1.18 bits per heavy atom. The molecule has 0 saturated heterocycles. The standard InChI is InChI=1S/C17H17N3O2/c1-11-5-3-6-12(2)16(11)14-7-4-8-15-17(14)22-13(10-21-15)9-19-20-18/h3-8,13H,9-10H2,1-2H3. The van der Waals surface area contributed by atoms with Gasteiger partial charge in [0.15, 0.2) is 11.5 Å². The first-order valence-electron chi connectivity index (χ1n) is 7.20. The highest BCUT2D eigenvalue weighted by Gasteiger charge is 2.24. The Morgan fingerprint density at radius 2 is 1.91 bits per heavy atom. The zero-order valence-corrected chi connectivity index (χ0v) is 12.6. The van der Waals surface area contributed by atoms with Crippen LogP contribution in [0.1, 0.15) is 11.1 Å². The van der Waals surface area contributed by atoms with Crippen molar-refractivity contribution in [2.24, 2.45) is 5.11 Å². The molecule has 0 fully saturated rings. The SMILES string of the molecule is Cc1cccc(C)c1-c1cccc2c1OC(CN=[N+]=[N-])CO2. The van der Waals surface area contributed by atoms with Gasteiger partial charge in [0.2, 0.25) is 0 Å². The summed E-state index contributed by atoms with van der Waals surface area (Å²) < 4.78 is 11.8. The molecule has 0 bridgehead atoms. The monoisotopic (exact) mass is 295 g/mol. The quantitative estimate of drug-likeness (QED) is 0.478. The molecule has 0 aromatic heterocycles. The van der Waals surface area contributed by atoms with Crippen LogP contribution in [0, 0.1) is 13.8 Å². The molecule has 0 N–H and O–H groups in total. The maximum atomic E-state index is 8.46. The molecule has 5 nitrogen and oxygen atoms in total. The lowest BCUT2D eigenvalue weighted by Gasteiger charge is -2.28. The van der Waals surface area contributed by atoms with E-state index >= 15 is 0 Å². The summed E-state index contributed by atoms with van der Waals surface area (Å²) in [6, 6.07) is 12.1. The molecular formula is C17H17N3O2. The Balaban J connectivity index is 2.06. The first-order chi connectivity index (χ1) is 10.7. The molecule has 1 aliphatic heterocycles. The Labute approximate surface area is 129 Å². The van der Waals surface area contributed by atoms with Crippen molar-refractivity contribution in [1.29, 1.82) is 0 Å². The Hall–Kier alpha value is -2.65. The predicted octanol–water partition coefficient (Wildman–Crippen LogP) is 4.42. The van der Waals surface area contributed by atoms with Crippen molar-refractivity contribution in [3.05, 3.63) is 58.0 Å². The van der Waals surface area contributed by atoms with E-state index in [-0.39, 0.29) is 12.6 Å². The number of ether oxygens (including phenoxy) is 2. The average Bonchev–Trinajstić information content (AvgIpc) is 2.53. The van der Waals surface area contributed by atoms with Gasteiger partial charge in [0.05, 0.1) is 6.54 Å². The van der Waals surface area contributed by atoms with Crippen molar-refractivity contribution in [3.8, 4) is 22.6 Å². The molecule has 1 atom stereocenters. The molecule has 2 aromatic carbocycles. The molecule has 0 radical (unpaired) electrons. The molecule has 1 aliphatic rings. The van der Waals surface area contributed by atoms with Crippen LogP contribution in [0.25, 0.3) is 21.6 Å². The van der Waals surface area contributed by atoms with Crippen LogP contribution in [0.2, 0.25) is 0 Å². The summed E-state index contributed by atoms with van der Waals surface area (Å²) in [5, 5.41) is 3.58. The number of benzene rings is 2. The van der Waals surface area contributed by atoms with Crippen molar-refractivity contribution < 1.29 is 9.47 Å². The number of aryl methyl sites for hydroxylation is 2. The van der Waals surface area contributed by atoms with Gasteiger partial charge in [-0.3, -0.25) is 0 Å². The topological polar surface area (TPSA) is 67.2 Å². The Bertz CT molecular complexity index is 731. The van der Waals surface area contributed by atoms with Crippen molar-refractivity contribution in [2.45, 2.75) is 20.0 Å². The fraction of sp³-hybridized carbons (Fsp3) is 0.294. The minimum Gasteiger partial charge on any atom is -0.486 e. The number of para-hydroxylation sites is 1. The van der Waals surface area contributed by atoms with Gasteiger partial charge < -0.3 is 9.47 Å². The number of fused-ring (bicyclic) bond motifs is 1. The highest BCUT2D eigenvalue weighted by Crippen LogP contribution is 2.43. The number of azide groups is 1. The van der Waals surface area contributed by atoms with Crippen molar-refractivity contribution >= 4 is 0 Å². The summed E-state index contributed by atoms with van der Waals surface area (Å²) in [6.45, 7) is 4.82. The maximum Gasteiger partial charge on any atom is 0.169 e. The highest BCUT2D eigenvalue weighted by molar-refractivity contribution is 5.78. The average molecular weight is 295 g/mol. The van der Waals surface area contributed by atoms with E-state index in [1.165, 1.54) is 11.1 Å². The van der Waals surface area contributed by atoms with E-state index in [4.69, 9.17) is 15.0 Å². The summed E-state index contributed by atoms with van der Waals surface area (Å²) in [5.41, 5.74) is 13.0. The van der Waals surface area contributed by atoms with E-state index in [9.17, 15) is 0 Å². The lowest BCUT2D eigenvalue weighted by atomic mass is 9.94.